The van der Waals surface area contributed by atoms with Gasteiger partial charge in [0.05, 0.1) is 17.6 Å². The first-order chi connectivity index (χ1) is 14.1. The molecule has 0 aromatic heterocycles. The van der Waals surface area contributed by atoms with Crippen LogP contribution >= 0.6 is 0 Å². The topological polar surface area (TPSA) is 75.7 Å². The molecule has 30 heavy (non-hydrogen) atoms. The number of nitrogens with zero attached hydrogens (tertiary/aromatic N) is 1. The zero-order valence-electron chi connectivity index (χ0n) is 18.1. The number of sulfonamides is 1. The first-order valence-corrected chi connectivity index (χ1v) is 11.7. The van der Waals surface area contributed by atoms with Crippen molar-refractivity contribution in [3.05, 3.63) is 59.2 Å². The van der Waals surface area contributed by atoms with E-state index in [2.05, 4.69) is 25.5 Å². The molecule has 6 nitrogen and oxygen atoms in total. The van der Waals surface area contributed by atoms with Crippen molar-refractivity contribution in [2.75, 3.05) is 20.2 Å². The fraction of sp³-hybridized carbons (Fsp3) is 0.435. The second-order valence-electron chi connectivity index (χ2n) is 8.63. The lowest BCUT2D eigenvalue weighted by molar-refractivity contribution is 0.0789. The summed E-state index contributed by atoms with van der Waals surface area (Å²) in [5.74, 6) is 0.183. The van der Waals surface area contributed by atoms with E-state index in [-0.39, 0.29) is 28.3 Å². The number of nitrogens with one attached hydrogen (secondary N) is 1. The van der Waals surface area contributed by atoms with E-state index < -0.39 is 10.0 Å². The molecule has 2 aromatic carbocycles. The molecule has 0 unspecified atom stereocenters. The van der Waals surface area contributed by atoms with Gasteiger partial charge in [-0.15, -0.1) is 0 Å². The van der Waals surface area contributed by atoms with E-state index in [1.165, 1.54) is 30.9 Å². The summed E-state index contributed by atoms with van der Waals surface area (Å²) >= 11 is 0. The summed E-state index contributed by atoms with van der Waals surface area (Å²) in [5, 5.41) is 0. The molecule has 7 heteroatoms. The number of amides is 1. The van der Waals surface area contributed by atoms with Gasteiger partial charge in [0, 0.05) is 19.6 Å². The minimum Gasteiger partial charge on any atom is -0.496 e. The molecule has 1 amide bonds. The highest BCUT2D eigenvalue weighted by Gasteiger charge is 2.25. The lowest BCUT2D eigenvalue weighted by Crippen LogP contribution is -2.29. The Bertz CT molecular complexity index is 1000. The van der Waals surface area contributed by atoms with Crippen molar-refractivity contribution in [2.45, 2.75) is 50.5 Å². The van der Waals surface area contributed by atoms with Crippen LogP contribution < -0.4 is 9.46 Å². The minimum atomic E-state index is -3.78. The average Bonchev–Trinajstić information content (AvgIpc) is 3.26. The van der Waals surface area contributed by atoms with E-state index in [1.54, 1.807) is 4.90 Å². The third-order valence-electron chi connectivity index (χ3n) is 5.39. The molecule has 0 bridgehead atoms. The van der Waals surface area contributed by atoms with Crippen molar-refractivity contribution in [2.24, 2.45) is 0 Å². The molecule has 0 atom stereocenters. The molecule has 1 fully saturated rings. The number of likely N-dealkylation sites (tertiary alicyclic amines) is 1. The number of rotatable bonds is 6. The number of methoxy groups -OCH3 is 1. The van der Waals surface area contributed by atoms with Gasteiger partial charge < -0.3 is 9.64 Å². The number of benzene rings is 2. The molecule has 1 heterocycles. The van der Waals surface area contributed by atoms with E-state index in [1.807, 2.05) is 24.3 Å². The van der Waals surface area contributed by atoms with Gasteiger partial charge in [0.25, 0.3) is 5.91 Å². The summed E-state index contributed by atoms with van der Waals surface area (Å²) in [6.45, 7) is 7.94. The van der Waals surface area contributed by atoms with Crippen LogP contribution in [-0.2, 0) is 22.0 Å². The normalized spacial score (nSPS) is 14.7. The number of hydrogen-bond acceptors (Lipinski definition) is 4. The first-order valence-electron chi connectivity index (χ1n) is 10.2. The Morgan fingerprint density at radius 3 is 2.27 bits per heavy atom. The van der Waals surface area contributed by atoms with Crippen LogP contribution in [-0.4, -0.2) is 39.4 Å². The Morgan fingerprint density at radius 1 is 1.07 bits per heavy atom. The largest absolute Gasteiger partial charge is 0.496 e. The fourth-order valence-corrected chi connectivity index (χ4v) is 4.54. The van der Waals surface area contributed by atoms with Gasteiger partial charge in [-0.3, -0.25) is 4.79 Å². The van der Waals surface area contributed by atoms with Gasteiger partial charge in [-0.1, -0.05) is 45.0 Å². The zero-order chi connectivity index (χ0) is 21.9. The zero-order valence-corrected chi connectivity index (χ0v) is 18.9. The standard InChI is InChI=1S/C23H30N2O4S/c1-23(2,3)18-9-7-17(8-10-18)16-24-30(27,28)19-11-12-21(29-4)20(15-19)22(26)25-13-5-6-14-25/h7-12,15,24H,5-6,13-14,16H2,1-4H3. The molecule has 0 radical (unpaired) electrons. The van der Waals surface area contributed by atoms with Gasteiger partial charge >= 0.3 is 0 Å². The van der Waals surface area contributed by atoms with Crippen LogP contribution in [0.15, 0.2) is 47.4 Å². The van der Waals surface area contributed by atoms with Gasteiger partial charge in [-0.25, -0.2) is 13.1 Å². The second-order valence-corrected chi connectivity index (χ2v) is 10.4. The maximum absolute atomic E-state index is 12.9. The van der Waals surface area contributed by atoms with Crippen molar-refractivity contribution in [1.82, 2.24) is 9.62 Å². The summed E-state index contributed by atoms with van der Waals surface area (Å²) in [4.78, 5) is 14.6. The van der Waals surface area contributed by atoms with Gasteiger partial charge in [-0.2, -0.15) is 0 Å². The van der Waals surface area contributed by atoms with Gasteiger partial charge in [0.1, 0.15) is 5.75 Å². The van der Waals surface area contributed by atoms with Crippen molar-refractivity contribution in [1.29, 1.82) is 0 Å². The molecule has 1 aliphatic heterocycles. The van der Waals surface area contributed by atoms with E-state index in [4.69, 9.17) is 4.74 Å². The van der Waals surface area contributed by atoms with E-state index >= 15 is 0 Å². The molecule has 0 saturated carbocycles. The minimum absolute atomic E-state index is 0.0411. The molecule has 0 aliphatic carbocycles. The van der Waals surface area contributed by atoms with E-state index in [0.29, 0.717) is 18.8 Å². The smallest absolute Gasteiger partial charge is 0.257 e. The number of hydrogen-bond donors (Lipinski definition) is 1. The molecule has 1 N–H and O–H groups in total. The quantitative estimate of drug-likeness (QED) is 0.758. The fourth-order valence-electron chi connectivity index (χ4n) is 3.50. The van der Waals surface area contributed by atoms with Crippen molar-refractivity contribution in [3.63, 3.8) is 0 Å². The van der Waals surface area contributed by atoms with Crippen molar-refractivity contribution in [3.8, 4) is 5.75 Å². The average molecular weight is 431 g/mol. The van der Waals surface area contributed by atoms with Gasteiger partial charge in [0.2, 0.25) is 10.0 Å². The van der Waals surface area contributed by atoms with Crippen LogP contribution in [0.25, 0.3) is 0 Å². The third kappa shape index (κ3) is 5.02. The van der Waals surface area contributed by atoms with E-state index in [0.717, 1.165) is 18.4 Å². The molecule has 0 spiro atoms. The molecule has 3 rings (SSSR count). The Hall–Kier alpha value is -2.38. The summed E-state index contributed by atoms with van der Waals surface area (Å²) in [6.07, 6.45) is 1.92. The summed E-state index contributed by atoms with van der Waals surface area (Å²) in [7, 11) is -2.30. The number of ether oxygens (including phenoxy) is 1. The highest BCUT2D eigenvalue weighted by molar-refractivity contribution is 7.89. The summed E-state index contributed by atoms with van der Waals surface area (Å²) in [5.41, 5.74) is 2.37. The summed E-state index contributed by atoms with van der Waals surface area (Å²) < 4.78 is 33.6. The second kappa shape index (κ2) is 8.78. The maximum Gasteiger partial charge on any atom is 0.257 e. The first kappa shape index (κ1) is 22.3. The molecule has 1 saturated heterocycles. The third-order valence-corrected chi connectivity index (χ3v) is 6.79. The van der Waals surface area contributed by atoms with Crippen molar-refractivity contribution < 1.29 is 17.9 Å². The predicted molar refractivity (Wildman–Crippen MR) is 117 cm³/mol. The van der Waals surface area contributed by atoms with Crippen LogP contribution in [0.3, 0.4) is 0 Å². The Balaban J connectivity index is 1.78. The Morgan fingerprint density at radius 2 is 1.70 bits per heavy atom. The van der Waals surface area contributed by atoms with Gasteiger partial charge in [0.15, 0.2) is 0 Å². The summed E-state index contributed by atoms with van der Waals surface area (Å²) in [6, 6.07) is 12.3. The highest BCUT2D eigenvalue weighted by Crippen LogP contribution is 2.26. The van der Waals surface area contributed by atoms with Gasteiger partial charge in [-0.05, 0) is 47.6 Å². The lowest BCUT2D eigenvalue weighted by Gasteiger charge is -2.19. The van der Waals surface area contributed by atoms with Crippen molar-refractivity contribution >= 4 is 15.9 Å². The SMILES string of the molecule is COc1ccc(S(=O)(=O)NCc2ccc(C(C)(C)C)cc2)cc1C(=O)N1CCCC1. The van der Waals surface area contributed by atoms with Crippen LogP contribution in [0.4, 0.5) is 0 Å². The molecule has 2 aromatic rings. The van der Waals surface area contributed by atoms with Crippen LogP contribution in [0.2, 0.25) is 0 Å². The van der Waals surface area contributed by atoms with Crippen LogP contribution in [0.1, 0.15) is 55.1 Å². The Kier molecular flexibility index (Phi) is 6.53. The molecule has 1 aliphatic rings. The molecular weight excluding hydrogens is 400 g/mol. The lowest BCUT2D eigenvalue weighted by atomic mass is 9.87. The van der Waals surface area contributed by atoms with Crippen LogP contribution in [0.5, 0.6) is 5.75 Å². The predicted octanol–water partition coefficient (Wildman–Crippen LogP) is 3.71. The van der Waals surface area contributed by atoms with E-state index in [9.17, 15) is 13.2 Å². The van der Waals surface area contributed by atoms with Crippen LogP contribution in [0, 0.1) is 0 Å². The maximum atomic E-state index is 12.9. The Labute approximate surface area is 179 Å². The number of carbonyl (C=O) groups excluding carboxylic acids is 1. The monoisotopic (exact) mass is 430 g/mol. The number of carbonyl (C=O) groups is 1. The molecular formula is C23H30N2O4S. The highest BCUT2D eigenvalue weighted by atomic mass is 32.2. The molecule has 162 valence electrons.